The molecule has 0 saturated carbocycles. The summed E-state index contributed by atoms with van der Waals surface area (Å²) in [6, 6.07) is 5.37. The van der Waals surface area contributed by atoms with Gasteiger partial charge in [0.1, 0.15) is 0 Å². The lowest BCUT2D eigenvalue weighted by Crippen LogP contribution is -2.33. The zero-order valence-electron chi connectivity index (χ0n) is 10.7. The fraction of sp³-hybridized carbons (Fsp3) is 0.500. The number of rotatable bonds is 4. The van der Waals surface area contributed by atoms with E-state index in [-0.39, 0.29) is 12.6 Å². The van der Waals surface area contributed by atoms with E-state index in [1.165, 1.54) is 0 Å². The first-order valence-electron chi connectivity index (χ1n) is 5.97. The van der Waals surface area contributed by atoms with Crippen molar-refractivity contribution < 1.29 is 17.2 Å². The molecule has 0 fully saturated rings. The minimum atomic E-state index is -4.54. The Morgan fingerprint density at radius 1 is 1.37 bits per heavy atom. The quantitative estimate of drug-likeness (QED) is 0.921. The molecule has 1 atom stereocenters. The topological polar surface area (TPSA) is 49.4 Å². The maximum atomic E-state index is 12.6. The van der Waals surface area contributed by atoms with Crippen LogP contribution < -0.4 is 9.62 Å². The van der Waals surface area contributed by atoms with Crippen molar-refractivity contribution in [3.8, 4) is 0 Å². The highest BCUT2D eigenvalue weighted by atomic mass is 32.2. The van der Waals surface area contributed by atoms with Gasteiger partial charge in [-0.1, -0.05) is 12.1 Å². The first-order valence-corrected chi connectivity index (χ1v) is 7.48. The fourth-order valence-corrected chi connectivity index (χ4v) is 3.18. The first kappa shape index (κ1) is 14.2. The third kappa shape index (κ3) is 2.44. The van der Waals surface area contributed by atoms with Gasteiger partial charge in [-0.25, -0.2) is 8.42 Å². The standard InChI is InChI=1S/C12H16F2N2O2S/c1-8(15-2)9-3-4-11-10(7-9)5-6-16(11)19(17,18)12(13)14/h3-4,7-8,12,15H,5-6H2,1-2H3. The SMILES string of the molecule is CNC(C)c1ccc2c(c1)CCN2S(=O)(=O)C(F)F. The monoisotopic (exact) mass is 290 g/mol. The van der Waals surface area contributed by atoms with E-state index in [0.29, 0.717) is 12.1 Å². The molecule has 0 spiro atoms. The molecule has 1 aromatic rings. The van der Waals surface area contributed by atoms with Crippen LogP contribution in [0.5, 0.6) is 0 Å². The van der Waals surface area contributed by atoms with Crippen LogP contribution in [0.4, 0.5) is 14.5 Å². The van der Waals surface area contributed by atoms with Crippen LogP contribution in [0.3, 0.4) is 0 Å². The summed E-state index contributed by atoms with van der Waals surface area (Å²) in [5.41, 5.74) is 2.17. The summed E-state index contributed by atoms with van der Waals surface area (Å²) in [5.74, 6) is -3.38. The first-order chi connectivity index (χ1) is 8.87. The van der Waals surface area contributed by atoms with E-state index in [1.807, 2.05) is 20.0 Å². The number of halogens is 2. The van der Waals surface area contributed by atoms with Crippen molar-refractivity contribution in [2.45, 2.75) is 25.1 Å². The molecule has 0 bridgehead atoms. The van der Waals surface area contributed by atoms with Gasteiger partial charge >= 0.3 is 5.76 Å². The minimum Gasteiger partial charge on any atom is -0.313 e. The van der Waals surface area contributed by atoms with Crippen LogP contribution in [0.2, 0.25) is 0 Å². The largest absolute Gasteiger partial charge is 0.355 e. The van der Waals surface area contributed by atoms with E-state index >= 15 is 0 Å². The molecule has 1 aliphatic heterocycles. The lowest BCUT2D eigenvalue weighted by Gasteiger charge is -2.19. The summed E-state index contributed by atoms with van der Waals surface area (Å²) in [6.07, 6.45) is 0.464. The molecule has 1 heterocycles. The molecule has 0 aromatic heterocycles. The van der Waals surface area contributed by atoms with Gasteiger partial charge in [0.25, 0.3) is 10.0 Å². The number of hydrogen-bond acceptors (Lipinski definition) is 3. The van der Waals surface area contributed by atoms with E-state index in [2.05, 4.69) is 5.32 Å². The van der Waals surface area contributed by atoms with Gasteiger partial charge in [-0.15, -0.1) is 0 Å². The van der Waals surface area contributed by atoms with Crippen molar-refractivity contribution in [3.63, 3.8) is 0 Å². The predicted molar refractivity (Wildman–Crippen MR) is 69.9 cm³/mol. The second-order valence-electron chi connectivity index (χ2n) is 4.53. The number of fused-ring (bicyclic) bond motifs is 1. The minimum absolute atomic E-state index is 0.0827. The summed E-state index contributed by atoms with van der Waals surface area (Å²) in [5, 5.41) is 3.08. The molecule has 1 N–H and O–H groups in total. The van der Waals surface area contributed by atoms with E-state index in [4.69, 9.17) is 0 Å². The molecule has 19 heavy (non-hydrogen) atoms. The summed E-state index contributed by atoms with van der Waals surface area (Å²) in [7, 11) is -2.72. The van der Waals surface area contributed by atoms with E-state index in [9.17, 15) is 17.2 Å². The highest BCUT2D eigenvalue weighted by molar-refractivity contribution is 7.93. The molecule has 1 aromatic carbocycles. The van der Waals surface area contributed by atoms with Gasteiger partial charge in [-0.2, -0.15) is 8.78 Å². The Bertz CT molecular complexity index is 575. The molecule has 7 heteroatoms. The predicted octanol–water partition coefficient (Wildman–Crippen LogP) is 1.88. The van der Waals surface area contributed by atoms with Gasteiger partial charge in [0.15, 0.2) is 0 Å². The summed E-state index contributed by atoms with van der Waals surface area (Å²) < 4.78 is 49.0. The smallest absolute Gasteiger partial charge is 0.313 e. The maximum Gasteiger partial charge on any atom is 0.355 e. The molecule has 0 amide bonds. The van der Waals surface area contributed by atoms with Gasteiger partial charge in [0.05, 0.1) is 5.69 Å². The van der Waals surface area contributed by atoms with Crippen LogP contribution in [0.25, 0.3) is 0 Å². The summed E-state index contributed by atoms with van der Waals surface area (Å²) in [4.78, 5) is 0. The van der Waals surface area contributed by atoms with Crippen molar-refractivity contribution in [1.82, 2.24) is 5.32 Å². The van der Waals surface area contributed by atoms with Crippen LogP contribution in [0.1, 0.15) is 24.1 Å². The Labute approximate surface area is 111 Å². The van der Waals surface area contributed by atoms with E-state index in [0.717, 1.165) is 15.4 Å². The van der Waals surface area contributed by atoms with Crippen molar-refractivity contribution in [2.24, 2.45) is 0 Å². The number of benzene rings is 1. The third-order valence-corrected chi connectivity index (χ3v) is 4.87. The van der Waals surface area contributed by atoms with Crippen LogP contribution in [-0.4, -0.2) is 27.8 Å². The number of hydrogen-bond donors (Lipinski definition) is 1. The average Bonchev–Trinajstić information content (AvgIpc) is 2.80. The number of sulfonamides is 1. The van der Waals surface area contributed by atoms with Gasteiger partial charge in [-0.3, -0.25) is 4.31 Å². The van der Waals surface area contributed by atoms with E-state index in [1.54, 1.807) is 12.1 Å². The van der Waals surface area contributed by atoms with Crippen LogP contribution in [-0.2, 0) is 16.4 Å². The van der Waals surface area contributed by atoms with Gasteiger partial charge < -0.3 is 5.32 Å². The molecule has 106 valence electrons. The molecule has 0 aliphatic carbocycles. The molecule has 2 rings (SSSR count). The number of nitrogens with one attached hydrogen (secondary N) is 1. The Morgan fingerprint density at radius 3 is 2.63 bits per heavy atom. The Hall–Kier alpha value is -1.21. The normalized spacial score (nSPS) is 16.8. The second kappa shape index (κ2) is 5.05. The highest BCUT2D eigenvalue weighted by Gasteiger charge is 2.36. The average molecular weight is 290 g/mol. The van der Waals surface area contributed by atoms with Gasteiger partial charge in [-0.05, 0) is 37.6 Å². The lowest BCUT2D eigenvalue weighted by atomic mass is 10.0. The second-order valence-corrected chi connectivity index (χ2v) is 6.35. The van der Waals surface area contributed by atoms with Crippen molar-refractivity contribution in [2.75, 3.05) is 17.9 Å². The van der Waals surface area contributed by atoms with Crippen molar-refractivity contribution in [1.29, 1.82) is 0 Å². The van der Waals surface area contributed by atoms with Gasteiger partial charge in [0, 0.05) is 12.6 Å². The summed E-state index contributed by atoms with van der Waals surface area (Å²) in [6.45, 7) is 2.06. The molecular weight excluding hydrogens is 274 g/mol. The summed E-state index contributed by atoms with van der Waals surface area (Å²) >= 11 is 0. The zero-order valence-corrected chi connectivity index (χ0v) is 11.5. The molecule has 0 saturated heterocycles. The molecule has 4 nitrogen and oxygen atoms in total. The lowest BCUT2D eigenvalue weighted by molar-refractivity contribution is 0.234. The van der Waals surface area contributed by atoms with Crippen LogP contribution >= 0.6 is 0 Å². The highest BCUT2D eigenvalue weighted by Crippen LogP contribution is 2.33. The Morgan fingerprint density at radius 2 is 2.05 bits per heavy atom. The fourth-order valence-electron chi connectivity index (χ4n) is 2.19. The van der Waals surface area contributed by atoms with Gasteiger partial charge in [0.2, 0.25) is 0 Å². The van der Waals surface area contributed by atoms with Crippen LogP contribution in [0, 0.1) is 0 Å². The molecule has 1 unspecified atom stereocenters. The maximum absolute atomic E-state index is 12.6. The Balaban J connectivity index is 2.38. The molecule has 0 radical (unpaired) electrons. The Kier molecular flexibility index (Phi) is 3.78. The molecular formula is C12H16F2N2O2S. The molecule has 1 aliphatic rings. The van der Waals surface area contributed by atoms with Crippen LogP contribution in [0.15, 0.2) is 18.2 Å². The van der Waals surface area contributed by atoms with Crippen molar-refractivity contribution in [3.05, 3.63) is 29.3 Å². The zero-order chi connectivity index (χ0) is 14.2. The number of anilines is 1. The number of alkyl halides is 2. The van der Waals surface area contributed by atoms with Crippen molar-refractivity contribution >= 4 is 15.7 Å². The third-order valence-electron chi connectivity index (χ3n) is 3.42. The van der Waals surface area contributed by atoms with E-state index < -0.39 is 15.8 Å². The number of nitrogens with zero attached hydrogens (tertiary/aromatic N) is 1.